The van der Waals surface area contributed by atoms with Gasteiger partial charge in [0.1, 0.15) is 0 Å². The summed E-state index contributed by atoms with van der Waals surface area (Å²) in [6.07, 6.45) is 8.25. The molecule has 3 nitrogen and oxygen atoms in total. The molecule has 4 rings (SSSR count). The quantitative estimate of drug-likeness (QED) is 0.872. The molecule has 0 atom stereocenters. The minimum absolute atomic E-state index is 0.419. The number of hydrogen-bond acceptors (Lipinski definition) is 2. The highest BCUT2D eigenvalue weighted by Gasteiger charge is 2.34. The van der Waals surface area contributed by atoms with Crippen LogP contribution in [0.2, 0.25) is 5.02 Å². The van der Waals surface area contributed by atoms with Crippen LogP contribution >= 0.6 is 11.6 Å². The average molecular weight is 340 g/mol. The summed E-state index contributed by atoms with van der Waals surface area (Å²) >= 11 is 6.00. The maximum atomic E-state index is 11.5. The van der Waals surface area contributed by atoms with Crippen LogP contribution in [0.5, 0.6) is 0 Å². The lowest BCUT2D eigenvalue weighted by atomic mass is 9.89. The van der Waals surface area contributed by atoms with Gasteiger partial charge in [0.05, 0.1) is 12.1 Å². The van der Waals surface area contributed by atoms with Crippen molar-refractivity contribution >= 4 is 23.1 Å². The number of benzene rings is 1. The fourth-order valence-electron chi connectivity index (χ4n) is 3.48. The molecule has 0 unspecified atom stereocenters. The van der Waals surface area contributed by atoms with Gasteiger partial charge in [-0.2, -0.15) is 0 Å². The fourth-order valence-corrected chi connectivity index (χ4v) is 3.61. The van der Waals surface area contributed by atoms with E-state index in [9.17, 15) is 9.90 Å². The smallest absolute Gasteiger partial charge is 0.333 e. The Kier molecular flexibility index (Phi) is 3.61. The first-order chi connectivity index (χ1) is 11.5. The molecule has 0 aromatic heterocycles. The molecule has 0 radical (unpaired) electrons. The molecule has 4 heteroatoms. The van der Waals surface area contributed by atoms with Crippen molar-refractivity contribution in [3.8, 4) is 0 Å². The molecular formula is C20H18ClNO2. The Morgan fingerprint density at radius 1 is 1.25 bits per heavy atom. The SMILES string of the molecule is CC1=C(c2ccc(Cl)cc2)C=CN2CC(C(=O)O)=CC(C3CC3)=C12. The molecule has 1 fully saturated rings. The molecule has 1 N–H and O–H groups in total. The first kappa shape index (κ1) is 15.3. The molecule has 2 heterocycles. The van der Waals surface area contributed by atoms with E-state index < -0.39 is 5.97 Å². The van der Waals surface area contributed by atoms with E-state index in [0.717, 1.165) is 23.4 Å². The van der Waals surface area contributed by atoms with Crippen molar-refractivity contribution in [1.82, 2.24) is 4.90 Å². The predicted octanol–water partition coefficient (Wildman–Crippen LogP) is 4.63. The number of allylic oxidation sites excluding steroid dienone is 5. The summed E-state index contributed by atoms with van der Waals surface area (Å²) in [7, 11) is 0. The standard InChI is InChI=1S/C20H18ClNO2/c1-12-17(13-4-6-16(21)7-5-13)8-9-22-11-15(20(23)24)10-18(19(12)22)14-2-3-14/h4-10,14H,2-3,11H2,1H3,(H,23,24). The Labute approximate surface area is 146 Å². The van der Waals surface area contributed by atoms with E-state index in [1.165, 1.54) is 22.4 Å². The second-order valence-corrected chi connectivity index (χ2v) is 6.98. The molecule has 1 aliphatic carbocycles. The van der Waals surface area contributed by atoms with Crippen LogP contribution < -0.4 is 0 Å². The van der Waals surface area contributed by atoms with Gasteiger partial charge in [-0.3, -0.25) is 0 Å². The molecule has 1 aromatic rings. The van der Waals surface area contributed by atoms with E-state index in [1.807, 2.05) is 36.5 Å². The van der Waals surface area contributed by atoms with Gasteiger partial charge in [-0.1, -0.05) is 23.7 Å². The van der Waals surface area contributed by atoms with Crippen molar-refractivity contribution in [2.75, 3.05) is 6.54 Å². The Bertz CT molecular complexity index is 839. The number of carboxylic acid groups (broad SMARTS) is 1. The summed E-state index contributed by atoms with van der Waals surface area (Å²) in [5.41, 5.74) is 6.31. The lowest BCUT2D eigenvalue weighted by Gasteiger charge is -2.34. The summed E-state index contributed by atoms with van der Waals surface area (Å²) in [4.78, 5) is 13.5. The van der Waals surface area contributed by atoms with Crippen molar-refractivity contribution in [1.29, 1.82) is 0 Å². The molecular weight excluding hydrogens is 322 g/mol. The maximum absolute atomic E-state index is 11.5. The second-order valence-electron chi connectivity index (χ2n) is 6.54. The van der Waals surface area contributed by atoms with Crippen LogP contribution in [0.4, 0.5) is 0 Å². The third-order valence-corrected chi connectivity index (χ3v) is 5.11. The highest BCUT2D eigenvalue weighted by Crippen LogP contribution is 2.45. The summed E-state index contributed by atoms with van der Waals surface area (Å²) in [5, 5.41) is 10.1. The normalized spacial score (nSPS) is 20.2. The number of aliphatic carboxylic acids is 1. The minimum Gasteiger partial charge on any atom is -0.478 e. The summed E-state index contributed by atoms with van der Waals surface area (Å²) in [6.45, 7) is 2.54. The van der Waals surface area contributed by atoms with Gasteiger partial charge in [0.15, 0.2) is 0 Å². The highest BCUT2D eigenvalue weighted by atomic mass is 35.5. The summed E-state index contributed by atoms with van der Waals surface area (Å²) in [5.74, 6) is -0.337. The summed E-state index contributed by atoms with van der Waals surface area (Å²) in [6, 6.07) is 7.85. The van der Waals surface area contributed by atoms with Gasteiger partial charge in [-0.25, -0.2) is 4.79 Å². The van der Waals surface area contributed by atoms with Gasteiger partial charge in [0.2, 0.25) is 0 Å². The molecule has 0 spiro atoms. The largest absolute Gasteiger partial charge is 0.478 e. The van der Waals surface area contributed by atoms with Crippen LogP contribution in [0.1, 0.15) is 25.3 Å². The second kappa shape index (κ2) is 5.67. The van der Waals surface area contributed by atoms with Gasteiger partial charge in [-0.15, -0.1) is 0 Å². The molecule has 3 aliphatic rings. The first-order valence-electron chi connectivity index (χ1n) is 8.14. The van der Waals surface area contributed by atoms with Crippen LogP contribution in [-0.4, -0.2) is 22.5 Å². The van der Waals surface area contributed by atoms with E-state index >= 15 is 0 Å². The monoisotopic (exact) mass is 339 g/mol. The number of nitrogens with zero attached hydrogens (tertiary/aromatic N) is 1. The topological polar surface area (TPSA) is 40.5 Å². The third kappa shape index (κ3) is 2.59. The van der Waals surface area contributed by atoms with E-state index in [0.29, 0.717) is 18.0 Å². The van der Waals surface area contributed by atoms with Crippen molar-refractivity contribution in [3.05, 3.63) is 75.6 Å². The van der Waals surface area contributed by atoms with E-state index in [2.05, 4.69) is 17.9 Å². The Morgan fingerprint density at radius 2 is 1.96 bits per heavy atom. The molecule has 2 aliphatic heterocycles. The molecule has 0 saturated heterocycles. The zero-order chi connectivity index (χ0) is 16.8. The van der Waals surface area contributed by atoms with Crippen molar-refractivity contribution in [3.63, 3.8) is 0 Å². The Morgan fingerprint density at radius 3 is 2.58 bits per heavy atom. The fraction of sp³-hybridized carbons (Fsp3) is 0.250. The number of halogens is 1. The van der Waals surface area contributed by atoms with Gasteiger partial charge in [-0.05, 0) is 72.3 Å². The van der Waals surface area contributed by atoms with Gasteiger partial charge in [0, 0.05) is 16.9 Å². The number of rotatable bonds is 3. The molecule has 1 aromatic carbocycles. The zero-order valence-electron chi connectivity index (χ0n) is 13.4. The molecule has 122 valence electrons. The highest BCUT2D eigenvalue weighted by molar-refractivity contribution is 6.30. The predicted molar refractivity (Wildman–Crippen MR) is 95.4 cm³/mol. The van der Waals surface area contributed by atoms with E-state index in [1.54, 1.807) is 0 Å². The summed E-state index contributed by atoms with van der Waals surface area (Å²) < 4.78 is 0. The van der Waals surface area contributed by atoms with Crippen LogP contribution in [0, 0.1) is 5.92 Å². The number of carboxylic acids is 1. The first-order valence-corrected chi connectivity index (χ1v) is 8.52. The average Bonchev–Trinajstić information content (AvgIpc) is 3.40. The van der Waals surface area contributed by atoms with Gasteiger partial charge < -0.3 is 10.0 Å². The molecule has 0 bridgehead atoms. The van der Waals surface area contributed by atoms with Crippen LogP contribution in [0.25, 0.3) is 5.57 Å². The van der Waals surface area contributed by atoms with Crippen LogP contribution in [-0.2, 0) is 4.79 Å². The van der Waals surface area contributed by atoms with Gasteiger partial charge in [0.25, 0.3) is 0 Å². The molecule has 24 heavy (non-hydrogen) atoms. The maximum Gasteiger partial charge on any atom is 0.333 e. The zero-order valence-corrected chi connectivity index (χ0v) is 14.2. The van der Waals surface area contributed by atoms with Gasteiger partial charge >= 0.3 is 5.97 Å². The Balaban J connectivity index is 1.85. The van der Waals surface area contributed by atoms with E-state index in [-0.39, 0.29) is 0 Å². The number of fused-ring (bicyclic) bond motifs is 1. The number of carbonyl (C=O) groups is 1. The lowest BCUT2D eigenvalue weighted by molar-refractivity contribution is -0.132. The molecule has 0 amide bonds. The van der Waals surface area contributed by atoms with Crippen molar-refractivity contribution in [2.24, 2.45) is 5.92 Å². The Hall–Kier alpha value is -2.26. The molecule has 1 saturated carbocycles. The van der Waals surface area contributed by atoms with Crippen molar-refractivity contribution in [2.45, 2.75) is 19.8 Å². The van der Waals surface area contributed by atoms with E-state index in [4.69, 9.17) is 11.6 Å². The minimum atomic E-state index is -0.828. The lowest BCUT2D eigenvalue weighted by Crippen LogP contribution is -2.30. The van der Waals surface area contributed by atoms with Crippen LogP contribution in [0.3, 0.4) is 0 Å². The van der Waals surface area contributed by atoms with Crippen LogP contribution in [0.15, 0.2) is 65.0 Å². The number of hydrogen-bond donors (Lipinski definition) is 1. The van der Waals surface area contributed by atoms with Crippen molar-refractivity contribution < 1.29 is 9.90 Å². The third-order valence-electron chi connectivity index (χ3n) is 4.86.